The minimum absolute atomic E-state index is 0.212. The van der Waals surface area contributed by atoms with Crippen LogP contribution in [0.5, 0.6) is 0 Å². The van der Waals surface area contributed by atoms with Gasteiger partial charge in [0, 0.05) is 6.04 Å². The molecule has 2 atom stereocenters. The molecule has 2 N–H and O–H groups in total. The number of hydrogen-bond acceptors (Lipinski definition) is 2. The second-order valence-electron chi connectivity index (χ2n) is 5.74. The van der Waals surface area contributed by atoms with Gasteiger partial charge in [0.2, 0.25) is 0 Å². The third kappa shape index (κ3) is 3.21. The van der Waals surface area contributed by atoms with E-state index in [9.17, 15) is 4.39 Å². The van der Waals surface area contributed by atoms with Crippen molar-refractivity contribution in [1.82, 2.24) is 4.90 Å². The van der Waals surface area contributed by atoms with Crippen molar-refractivity contribution in [3.63, 3.8) is 0 Å². The molecule has 3 heteroatoms. The summed E-state index contributed by atoms with van der Waals surface area (Å²) in [5.74, 6) is 0.0641. The summed E-state index contributed by atoms with van der Waals surface area (Å²) in [7, 11) is 0. The van der Waals surface area contributed by atoms with E-state index in [1.165, 1.54) is 12.1 Å². The molecule has 20 heavy (non-hydrogen) atoms. The Labute approximate surface area is 123 Å². The van der Waals surface area contributed by atoms with Gasteiger partial charge in [-0.15, -0.1) is 0 Å². The molecule has 1 aromatic rings. The molecule has 0 aliphatic carbocycles. The third-order valence-electron chi connectivity index (χ3n) is 4.49. The second-order valence-corrected chi connectivity index (χ2v) is 5.74. The summed E-state index contributed by atoms with van der Waals surface area (Å²) in [6.07, 6.45) is 0.980. The van der Waals surface area contributed by atoms with Crippen LogP contribution in [-0.4, -0.2) is 24.0 Å². The van der Waals surface area contributed by atoms with E-state index in [2.05, 4.69) is 39.5 Å². The van der Waals surface area contributed by atoms with E-state index >= 15 is 0 Å². The average Bonchev–Trinajstić information content (AvgIpc) is 2.44. The molecule has 1 rings (SSSR count). The first-order valence-electron chi connectivity index (χ1n) is 7.70. The Morgan fingerprint density at radius 3 is 1.95 bits per heavy atom. The normalized spacial score (nSPS) is 16.4. The summed E-state index contributed by atoms with van der Waals surface area (Å²) in [6, 6.07) is 6.94. The van der Waals surface area contributed by atoms with E-state index in [1.807, 2.05) is 12.1 Å². The number of hydrogen-bond donors (Lipinski definition) is 1. The molecule has 2 nitrogen and oxygen atoms in total. The van der Waals surface area contributed by atoms with Gasteiger partial charge in [0.05, 0.1) is 5.54 Å². The lowest BCUT2D eigenvalue weighted by Gasteiger charge is -2.46. The number of rotatable bonds is 7. The van der Waals surface area contributed by atoms with E-state index in [-0.39, 0.29) is 17.8 Å². The standard InChI is InChI=1S/C17H29FN2/c1-6-16(20(7-2)8-3)17(19,13(4)5)14-9-11-15(18)12-10-14/h9-13,16H,6-8,19H2,1-5H3. The van der Waals surface area contributed by atoms with Crippen molar-refractivity contribution in [1.29, 1.82) is 0 Å². The van der Waals surface area contributed by atoms with Crippen molar-refractivity contribution in [3.05, 3.63) is 35.6 Å². The highest BCUT2D eigenvalue weighted by Crippen LogP contribution is 2.35. The van der Waals surface area contributed by atoms with Crippen molar-refractivity contribution >= 4 is 0 Å². The quantitative estimate of drug-likeness (QED) is 0.824. The molecule has 0 saturated heterocycles. The van der Waals surface area contributed by atoms with Gasteiger partial charge in [0.25, 0.3) is 0 Å². The van der Waals surface area contributed by atoms with Crippen molar-refractivity contribution in [3.8, 4) is 0 Å². The van der Waals surface area contributed by atoms with Gasteiger partial charge in [-0.2, -0.15) is 0 Å². The van der Waals surface area contributed by atoms with E-state index in [1.54, 1.807) is 0 Å². The molecule has 1 aromatic carbocycles. The summed E-state index contributed by atoms with van der Waals surface area (Å²) in [4.78, 5) is 2.41. The zero-order chi connectivity index (χ0) is 15.3. The van der Waals surface area contributed by atoms with Crippen LogP contribution in [0, 0.1) is 11.7 Å². The smallest absolute Gasteiger partial charge is 0.123 e. The molecule has 0 aliphatic heterocycles. The molecule has 0 fully saturated rings. The third-order valence-corrected chi connectivity index (χ3v) is 4.49. The van der Waals surface area contributed by atoms with Crippen LogP contribution in [0.1, 0.15) is 46.6 Å². The van der Waals surface area contributed by atoms with Gasteiger partial charge < -0.3 is 5.73 Å². The fraction of sp³-hybridized carbons (Fsp3) is 0.647. The highest BCUT2D eigenvalue weighted by atomic mass is 19.1. The molecule has 114 valence electrons. The van der Waals surface area contributed by atoms with Crippen LogP contribution in [0.15, 0.2) is 24.3 Å². The molecular formula is C17H29FN2. The van der Waals surface area contributed by atoms with Gasteiger partial charge in [0.15, 0.2) is 0 Å². The molecule has 0 aliphatic rings. The number of benzene rings is 1. The molecule has 0 heterocycles. The Bertz CT molecular complexity index is 398. The zero-order valence-corrected chi connectivity index (χ0v) is 13.5. The van der Waals surface area contributed by atoms with Crippen molar-refractivity contribution in [2.45, 2.75) is 52.6 Å². The highest BCUT2D eigenvalue weighted by Gasteiger charge is 2.40. The monoisotopic (exact) mass is 280 g/mol. The number of nitrogens with two attached hydrogens (primary N) is 1. The summed E-state index contributed by atoms with van der Waals surface area (Å²) in [5.41, 5.74) is 7.41. The topological polar surface area (TPSA) is 29.3 Å². The summed E-state index contributed by atoms with van der Waals surface area (Å²) in [5, 5.41) is 0. The first kappa shape index (κ1) is 17.1. The summed E-state index contributed by atoms with van der Waals surface area (Å²) >= 11 is 0. The highest BCUT2D eigenvalue weighted by molar-refractivity contribution is 5.28. The molecule has 0 bridgehead atoms. The first-order valence-corrected chi connectivity index (χ1v) is 7.70. The Balaban J connectivity index is 3.28. The van der Waals surface area contributed by atoms with E-state index in [0.29, 0.717) is 0 Å². The predicted molar refractivity (Wildman–Crippen MR) is 84.1 cm³/mol. The van der Waals surface area contributed by atoms with Gasteiger partial charge in [-0.3, -0.25) is 4.90 Å². The SMILES string of the molecule is CCC(N(CC)CC)C(N)(c1ccc(F)cc1)C(C)C. The van der Waals surface area contributed by atoms with Crippen molar-refractivity contribution < 1.29 is 4.39 Å². The molecular weight excluding hydrogens is 251 g/mol. The molecule has 0 spiro atoms. The number of nitrogens with zero attached hydrogens (tertiary/aromatic N) is 1. The van der Waals surface area contributed by atoms with Gasteiger partial charge in [-0.05, 0) is 43.1 Å². The fourth-order valence-electron chi connectivity index (χ4n) is 3.21. The summed E-state index contributed by atoms with van der Waals surface area (Å²) < 4.78 is 13.2. The Kier molecular flexibility index (Phi) is 6.15. The molecule has 0 radical (unpaired) electrons. The van der Waals surface area contributed by atoms with Gasteiger partial charge in [0.1, 0.15) is 5.82 Å². The predicted octanol–water partition coefficient (Wildman–Crippen LogP) is 3.76. The Morgan fingerprint density at radius 1 is 1.10 bits per heavy atom. The van der Waals surface area contributed by atoms with Crippen molar-refractivity contribution in [2.24, 2.45) is 11.7 Å². The van der Waals surface area contributed by atoms with Crippen LogP contribution in [-0.2, 0) is 5.54 Å². The minimum atomic E-state index is -0.464. The fourth-order valence-corrected chi connectivity index (χ4v) is 3.21. The zero-order valence-electron chi connectivity index (χ0n) is 13.5. The minimum Gasteiger partial charge on any atom is -0.320 e. The average molecular weight is 280 g/mol. The van der Waals surface area contributed by atoms with Crippen LogP contribution in [0.3, 0.4) is 0 Å². The molecule has 0 saturated carbocycles. The van der Waals surface area contributed by atoms with Crippen LogP contribution in [0.25, 0.3) is 0 Å². The molecule has 0 aromatic heterocycles. The van der Waals surface area contributed by atoms with E-state index < -0.39 is 5.54 Å². The van der Waals surface area contributed by atoms with E-state index in [4.69, 9.17) is 5.73 Å². The van der Waals surface area contributed by atoms with Crippen molar-refractivity contribution in [2.75, 3.05) is 13.1 Å². The van der Waals surface area contributed by atoms with Crippen LogP contribution < -0.4 is 5.73 Å². The lowest BCUT2D eigenvalue weighted by atomic mass is 9.73. The largest absolute Gasteiger partial charge is 0.320 e. The lowest BCUT2D eigenvalue weighted by molar-refractivity contribution is 0.0924. The van der Waals surface area contributed by atoms with Crippen LogP contribution in [0.2, 0.25) is 0 Å². The lowest BCUT2D eigenvalue weighted by Crippen LogP contribution is -2.58. The van der Waals surface area contributed by atoms with Gasteiger partial charge in [-0.1, -0.05) is 46.8 Å². The maximum absolute atomic E-state index is 13.2. The Morgan fingerprint density at radius 2 is 1.60 bits per heavy atom. The maximum Gasteiger partial charge on any atom is 0.123 e. The number of likely N-dealkylation sites (N-methyl/N-ethyl adjacent to an activating group) is 1. The summed E-state index contributed by atoms with van der Waals surface area (Å²) in [6.45, 7) is 12.8. The van der Waals surface area contributed by atoms with E-state index in [0.717, 1.165) is 25.1 Å². The Hall–Kier alpha value is -0.930. The van der Waals surface area contributed by atoms with Gasteiger partial charge in [-0.25, -0.2) is 4.39 Å². The molecule has 2 unspecified atom stereocenters. The maximum atomic E-state index is 13.2. The number of halogens is 1. The molecule has 0 amide bonds. The first-order chi connectivity index (χ1) is 9.41. The van der Waals surface area contributed by atoms with Crippen LogP contribution >= 0.6 is 0 Å². The van der Waals surface area contributed by atoms with Crippen LogP contribution in [0.4, 0.5) is 4.39 Å². The van der Waals surface area contributed by atoms with Gasteiger partial charge >= 0.3 is 0 Å². The second kappa shape index (κ2) is 7.19.